The molecule has 0 atom stereocenters. The molecule has 8 aromatic carbocycles. The summed E-state index contributed by atoms with van der Waals surface area (Å²) in [7, 11) is 0. The van der Waals surface area contributed by atoms with E-state index in [1.807, 2.05) is 0 Å². The van der Waals surface area contributed by atoms with Gasteiger partial charge in [-0.2, -0.15) is 0 Å². The van der Waals surface area contributed by atoms with Crippen LogP contribution in [0.15, 0.2) is 194 Å². The number of anilines is 3. The van der Waals surface area contributed by atoms with Gasteiger partial charge in [0.15, 0.2) is 0 Å². The zero-order valence-corrected chi connectivity index (χ0v) is 26.4. The molecule has 0 aliphatic rings. The standard InChI is InChI=1S/C46H32N2/c1-3-12-33(13-4-1)35-22-25-38(26-23-35)47(41-18-11-17-37(32-41)34-14-5-2-6-15-34)39-27-29-40(30-28-39)48-44-21-10-9-20-43(44)46-42-19-8-7-16-36(42)24-31-45(46)48/h1-32H. The zero-order valence-electron chi connectivity index (χ0n) is 26.4. The Kier molecular flexibility index (Phi) is 6.84. The second-order valence-corrected chi connectivity index (χ2v) is 12.2. The van der Waals surface area contributed by atoms with Crippen LogP contribution in [0.4, 0.5) is 17.1 Å². The number of rotatable bonds is 6. The quantitative estimate of drug-likeness (QED) is 0.181. The molecule has 0 amide bonds. The van der Waals surface area contributed by atoms with Gasteiger partial charge in [0.1, 0.15) is 0 Å². The van der Waals surface area contributed by atoms with Crippen molar-refractivity contribution in [3.05, 3.63) is 194 Å². The van der Waals surface area contributed by atoms with Gasteiger partial charge in [0.25, 0.3) is 0 Å². The number of aromatic nitrogens is 1. The first kappa shape index (κ1) is 27.9. The molecule has 9 rings (SSSR count). The predicted molar refractivity (Wildman–Crippen MR) is 204 cm³/mol. The summed E-state index contributed by atoms with van der Waals surface area (Å²) in [6, 6.07) is 69.8. The van der Waals surface area contributed by atoms with Crippen molar-refractivity contribution < 1.29 is 0 Å². The predicted octanol–water partition coefficient (Wildman–Crippen LogP) is 12.7. The lowest BCUT2D eigenvalue weighted by Crippen LogP contribution is -2.10. The molecule has 0 aliphatic carbocycles. The molecule has 2 heteroatoms. The van der Waals surface area contributed by atoms with Crippen LogP contribution in [0.2, 0.25) is 0 Å². The molecule has 1 aromatic heterocycles. The number of benzene rings is 8. The number of hydrogen-bond acceptors (Lipinski definition) is 1. The largest absolute Gasteiger partial charge is 0.310 e. The molecule has 0 unspecified atom stereocenters. The van der Waals surface area contributed by atoms with Gasteiger partial charge in [0.05, 0.1) is 11.0 Å². The van der Waals surface area contributed by atoms with Gasteiger partial charge >= 0.3 is 0 Å². The normalized spacial score (nSPS) is 11.3. The van der Waals surface area contributed by atoms with Crippen LogP contribution >= 0.6 is 0 Å². The molecule has 226 valence electrons. The average molecular weight is 613 g/mol. The number of hydrogen-bond donors (Lipinski definition) is 0. The van der Waals surface area contributed by atoms with Gasteiger partial charge in [-0.05, 0) is 93.7 Å². The van der Waals surface area contributed by atoms with Crippen LogP contribution in [0.3, 0.4) is 0 Å². The highest BCUT2D eigenvalue weighted by atomic mass is 15.1. The summed E-state index contributed by atoms with van der Waals surface area (Å²) in [5.41, 5.74) is 11.7. The smallest absolute Gasteiger partial charge is 0.0547 e. The molecule has 0 saturated carbocycles. The molecule has 48 heavy (non-hydrogen) atoms. The third-order valence-corrected chi connectivity index (χ3v) is 9.37. The number of nitrogens with zero attached hydrogens (tertiary/aromatic N) is 2. The molecular weight excluding hydrogens is 581 g/mol. The van der Waals surface area contributed by atoms with Gasteiger partial charge in [-0.3, -0.25) is 0 Å². The molecule has 0 fully saturated rings. The first-order valence-electron chi connectivity index (χ1n) is 16.4. The van der Waals surface area contributed by atoms with E-state index < -0.39 is 0 Å². The van der Waals surface area contributed by atoms with Crippen molar-refractivity contribution in [2.45, 2.75) is 0 Å². The fourth-order valence-electron chi connectivity index (χ4n) is 7.10. The van der Waals surface area contributed by atoms with E-state index in [1.54, 1.807) is 0 Å². The summed E-state index contributed by atoms with van der Waals surface area (Å²) in [6.07, 6.45) is 0. The molecule has 0 aliphatic heterocycles. The van der Waals surface area contributed by atoms with Crippen molar-refractivity contribution in [3.63, 3.8) is 0 Å². The first-order chi connectivity index (χ1) is 23.8. The zero-order chi connectivity index (χ0) is 31.9. The average Bonchev–Trinajstić information content (AvgIpc) is 3.51. The highest BCUT2D eigenvalue weighted by Crippen LogP contribution is 2.40. The molecule has 0 N–H and O–H groups in total. The highest BCUT2D eigenvalue weighted by Gasteiger charge is 2.17. The van der Waals surface area contributed by atoms with E-state index in [0.29, 0.717) is 0 Å². The summed E-state index contributed by atoms with van der Waals surface area (Å²) in [5, 5.41) is 5.11. The molecular formula is C46H32N2. The van der Waals surface area contributed by atoms with Gasteiger partial charge in [0.2, 0.25) is 0 Å². The number of para-hydroxylation sites is 1. The molecule has 0 bridgehead atoms. The Bertz CT molecular complexity index is 2530. The summed E-state index contributed by atoms with van der Waals surface area (Å²) in [5.74, 6) is 0. The van der Waals surface area contributed by atoms with Crippen LogP contribution in [0.25, 0.3) is 60.5 Å². The highest BCUT2D eigenvalue weighted by molar-refractivity contribution is 6.21. The lowest BCUT2D eigenvalue weighted by molar-refractivity contribution is 1.17. The Hall–Kier alpha value is -6.38. The Balaban J connectivity index is 1.18. The van der Waals surface area contributed by atoms with E-state index in [0.717, 1.165) is 22.7 Å². The maximum atomic E-state index is 2.40. The van der Waals surface area contributed by atoms with Crippen LogP contribution in [-0.2, 0) is 0 Å². The Morgan fingerprint density at radius 3 is 1.62 bits per heavy atom. The van der Waals surface area contributed by atoms with Gasteiger partial charge in [-0.15, -0.1) is 0 Å². The minimum atomic E-state index is 1.10. The molecule has 1 heterocycles. The van der Waals surface area contributed by atoms with E-state index in [2.05, 4.69) is 204 Å². The minimum Gasteiger partial charge on any atom is -0.310 e. The van der Waals surface area contributed by atoms with Crippen LogP contribution in [0.5, 0.6) is 0 Å². The number of fused-ring (bicyclic) bond motifs is 5. The van der Waals surface area contributed by atoms with Crippen LogP contribution in [0.1, 0.15) is 0 Å². The van der Waals surface area contributed by atoms with Gasteiger partial charge in [-0.25, -0.2) is 0 Å². The summed E-state index contributed by atoms with van der Waals surface area (Å²) in [4.78, 5) is 2.35. The topological polar surface area (TPSA) is 8.17 Å². The second-order valence-electron chi connectivity index (χ2n) is 12.2. The molecule has 2 nitrogen and oxygen atoms in total. The maximum Gasteiger partial charge on any atom is 0.0547 e. The van der Waals surface area contributed by atoms with Crippen molar-refractivity contribution in [3.8, 4) is 27.9 Å². The SMILES string of the molecule is c1ccc(-c2ccc(N(c3ccc(-n4c5ccccc5c5c6ccccc6ccc54)cc3)c3cccc(-c4ccccc4)c3)cc2)cc1. The van der Waals surface area contributed by atoms with E-state index >= 15 is 0 Å². The lowest BCUT2D eigenvalue weighted by Gasteiger charge is -2.26. The first-order valence-corrected chi connectivity index (χ1v) is 16.4. The monoisotopic (exact) mass is 612 g/mol. The van der Waals surface area contributed by atoms with Crippen molar-refractivity contribution in [1.29, 1.82) is 0 Å². The van der Waals surface area contributed by atoms with E-state index in [9.17, 15) is 0 Å². The Morgan fingerprint density at radius 1 is 0.333 bits per heavy atom. The fourth-order valence-corrected chi connectivity index (χ4v) is 7.10. The third-order valence-electron chi connectivity index (χ3n) is 9.37. The molecule has 0 radical (unpaired) electrons. The summed E-state index contributed by atoms with van der Waals surface area (Å²) in [6.45, 7) is 0. The van der Waals surface area contributed by atoms with Crippen molar-refractivity contribution in [2.75, 3.05) is 4.90 Å². The van der Waals surface area contributed by atoms with E-state index in [1.165, 1.54) is 54.8 Å². The summed E-state index contributed by atoms with van der Waals surface area (Å²) >= 11 is 0. The van der Waals surface area contributed by atoms with Crippen LogP contribution in [-0.4, -0.2) is 4.57 Å². The van der Waals surface area contributed by atoms with Gasteiger partial charge in [-0.1, -0.05) is 133 Å². The van der Waals surface area contributed by atoms with E-state index in [-0.39, 0.29) is 0 Å². The van der Waals surface area contributed by atoms with Crippen LogP contribution in [0, 0.1) is 0 Å². The van der Waals surface area contributed by atoms with E-state index in [4.69, 9.17) is 0 Å². The minimum absolute atomic E-state index is 1.10. The van der Waals surface area contributed by atoms with Gasteiger partial charge < -0.3 is 9.47 Å². The van der Waals surface area contributed by atoms with Crippen molar-refractivity contribution in [1.82, 2.24) is 4.57 Å². The third kappa shape index (κ3) is 4.83. The summed E-state index contributed by atoms with van der Waals surface area (Å²) < 4.78 is 2.40. The van der Waals surface area contributed by atoms with Crippen molar-refractivity contribution >= 4 is 49.6 Å². The maximum absolute atomic E-state index is 2.40. The van der Waals surface area contributed by atoms with Gasteiger partial charge in [0, 0.05) is 33.5 Å². The van der Waals surface area contributed by atoms with Crippen molar-refractivity contribution in [2.24, 2.45) is 0 Å². The molecule has 0 saturated heterocycles. The fraction of sp³-hybridized carbons (Fsp3) is 0. The Morgan fingerprint density at radius 2 is 0.896 bits per heavy atom. The lowest BCUT2D eigenvalue weighted by atomic mass is 10.0. The second kappa shape index (κ2) is 11.8. The molecule has 0 spiro atoms. The Labute approximate surface area is 280 Å². The molecule has 9 aromatic rings. The van der Waals surface area contributed by atoms with Crippen LogP contribution < -0.4 is 4.90 Å².